The average Bonchev–Trinajstić information content (AvgIpc) is 2.54. The van der Waals surface area contributed by atoms with E-state index in [9.17, 15) is 9.00 Å². The Balaban J connectivity index is 2.06. The van der Waals surface area contributed by atoms with E-state index in [1.54, 1.807) is 0 Å². The third-order valence-electron chi connectivity index (χ3n) is 4.50. The Labute approximate surface area is 141 Å². The van der Waals surface area contributed by atoms with E-state index in [1.165, 1.54) is 19.8 Å². The molecule has 0 bridgehead atoms. The Kier molecular flexibility index (Phi) is 6.78. The summed E-state index contributed by atoms with van der Waals surface area (Å²) in [7, 11) is -0.748. The van der Waals surface area contributed by atoms with Gasteiger partial charge in [-0.2, -0.15) is 0 Å². The topological polar surface area (TPSA) is 58.2 Å². The summed E-state index contributed by atoms with van der Waals surface area (Å²) in [6.07, 6.45) is 4.53. The Morgan fingerprint density at radius 2 is 2.09 bits per heavy atom. The molecule has 0 saturated heterocycles. The molecule has 4 nitrogen and oxygen atoms in total. The number of nitrogens with one attached hydrogen (secondary N) is 2. The number of hydrogen-bond acceptors (Lipinski definition) is 3. The maximum absolute atomic E-state index is 12.3. The zero-order chi connectivity index (χ0) is 16.8. The van der Waals surface area contributed by atoms with Gasteiger partial charge < -0.3 is 10.6 Å². The van der Waals surface area contributed by atoms with Crippen molar-refractivity contribution in [3.8, 4) is 0 Å². The summed E-state index contributed by atoms with van der Waals surface area (Å²) in [4.78, 5) is 11.2. The molecule has 23 heavy (non-hydrogen) atoms. The van der Waals surface area contributed by atoms with Crippen molar-refractivity contribution in [3.63, 3.8) is 0 Å². The third kappa shape index (κ3) is 5.15. The first kappa shape index (κ1) is 18.1. The van der Waals surface area contributed by atoms with Gasteiger partial charge in [-0.05, 0) is 37.5 Å². The molecule has 0 unspecified atom stereocenters. The fraction of sp³-hybridized carbons (Fsp3) is 0.611. The van der Waals surface area contributed by atoms with Gasteiger partial charge in [0, 0.05) is 41.2 Å². The van der Waals surface area contributed by atoms with Crippen LogP contribution < -0.4 is 10.6 Å². The lowest BCUT2D eigenvalue weighted by molar-refractivity contribution is -0.114. The molecule has 2 rings (SSSR count). The van der Waals surface area contributed by atoms with Crippen molar-refractivity contribution in [2.75, 3.05) is 11.1 Å². The minimum atomic E-state index is -0.748. The van der Waals surface area contributed by atoms with Gasteiger partial charge in [0.1, 0.15) is 0 Å². The van der Waals surface area contributed by atoms with E-state index < -0.39 is 10.8 Å². The predicted molar refractivity (Wildman–Crippen MR) is 97.0 cm³/mol. The second-order valence-corrected chi connectivity index (χ2v) is 8.24. The number of rotatable bonds is 6. The first-order chi connectivity index (χ1) is 11.0. The minimum Gasteiger partial charge on any atom is -0.326 e. The molecule has 5 heteroatoms. The average molecular weight is 337 g/mol. The number of hydrogen-bond donors (Lipinski definition) is 2. The highest BCUT2D eigenvalue weighted by atomic mass is 32.2. The molecule has 0 spiro atoms. The summed E-state index contributed by atoms with van der Waals surface area (Å²) >= 11 is 0. The van der Waals surface area contributed by atoms with Gasteiger partial charge in [0.25, 0.3) is 0 Å². The number of carbonyl (C=O) groups is 1. The smallest absolute Gasteiger partial charge is 0.221 e. The molecule has 128 valence electrons. The Hall–Kier alpha value is -1.20. The number of benzene rings is 1. The van der Waals surface area contributed by atoms with Crippen molar-refractivity contribution in [1.29, 1.82) is 0 Å². The molecule has 2 N–H and O–H groups in total. The van der Waals surface area contributed by atoms with Crippen LogP contribution in [0.15, 0.2) is 24.3 Å². The van der Waals surface area contributed by atoms with Crippen molar-refractivity contribution >= 4 is 22.4 Å². The van der Waals surface area contributed by atoms with Crippen LogP contribution in [-0.4, -0.2) is 27.2 Å². The third-order valence-corrected chi connectivity index (χ3v) is 6.30. The van der Waals surface area contributed by atoms with Gasteiger partial charge in [0.2, 0.25) is 5.91 Å². The first-order valence-corrected chi connectivity index (χ1v) is 9.90. The van der Waals surface area contributed by atoms with Crippen LogP contribution in [0.4, 0.5) is 5.69 Å². The monoisotopic (exact) mass is 336 g/mol. The largest absolute Gasteiger partial charge is 0.326 e. The van der Waals surface area contributed by atoms with Crippen LogP contribution in [0.1, 0.15) is 58.1 Å². The normalized spacial score (nSPS) is 24.0. The highest BCUT2D eigenvalue weighted by molar-refractivity contribution is 7.85. The standard InChI is InChI=1S/C18H28N2O2S/c1-4-23(22)18-11-6-5-10-17(18)19-13(2)15-8-7-9-16(12-15)20-14(3)21/h7-9,12-13,17-19H,4-6,10-11H2,1-3H3,(H,20,21)/t13-,17-,18+,23+/m0/s1. The van der Waals surface area contributed by atoms with Crippen LogP contribution in [0.2, 0.25) is 0 Å². The maximum Gasteiger partial charge on any atom is 0.221 e. The van der Waals surface area contributed by atoms with E-state index in [2.05, 4.69) is 23.6 Å². The van der Waals surface area contributed by atoms with E-state index in [-0.39, 0.29) is 17.2 Å². The minimum absolute atomic E-state index is 0.0616. The first-order valence-electron chi connectivity index (χ1n) is 8.52. The van der Waals surface area contributed by atoms with Crippen LogP contribution in [0.5, 0.6) is 0 Å². The molecule has 0 aromatic heterocycles. The molecule has 1 aromatic carbocycles. The maximum atomic E-state index is 12.3. The SMILES string of the molecule is CC[S@@](=O)[C@@H]1CCCC[C@@H]1N[C@@H](C)c1cccc(NC(C)=O)c1. The van der Waals surface area contributed by atoms with Crippen LogP contribution in [0.3, 0.4) is 0 Å². The lowest BCUT2D eigenvalue weighted by Crippen LogP contribution is -2.45. The van der Waals surface area contributed by atoms with Crippen molar-refractivity contribution in [2.45, 2.75) is 63.8 Å². The van der Waals surface area contributed by atoms with Gasteiger partial charge in [0.05, 0.1) is 5.25 Å². The Bertz CT molecular complexity index is 562. The quantitative estimate of drug-likeness (QED) is 0.837. The van der Waals surface area contributed by atoms with E-state index in [1.807, 2.05) is 25.1 Å². The predicted octanol–water partition coefficient (Wildman–Crippen LogP) is 3.38. The van der Waals surface area contributed by atoms with Gasteiger partial charge in [0.15, 0.2) is 0 Å². The van der Waals surface area contributed by atoms with Gasteiger partial charge in [-0.25, -0.2) is 0 Å². The summed E-state index contributed by atoms with van der Waals surface area (Å²) < 4.78 is 12.3. The fourth-order valence-corrected chi connectivity index (χ4v) is 4.76. The summed E-state index contributed by atoms with van der Waals surface area (Å²) in [5.74, 6) is 0.670. The summed E-state index contributed by atoms with van der Waals surface area (Å²) in [5.41, 5.74) is 1.96. The van der Waals surface area contributed by atoms with E-state index in [0.29, 0.717) is 6.04 Å². The molecule has 1 aliphatic rings. The molecular weight excluding hydrogens is 308 g/mol. The van der Waals surface area contributed by atoms with Crippen molar-refractivity contribution in [3.05, 3.63) is 29.8 Å². The summed E-state index contributed by atoms with van der Waals surface area (Å²) in [5, 5.41) is 6.76. The lowest BCUT2D eigenvalue weighted by Gasteiger charge is -2.34. The van der Waals surface area contributed by atoms with Crippen molar-refractivity contribution in [1.82, 2.24) is 5.32 Å². The molecule has 1 saturated carbocycles. The van der Waals surface area contributed by atoms with E-state index in [4.69, 9.17) is 0 Å². The number of carbonyl (C=O) groups excluding carboxylic acids is 1. The molecule has 1 amide bonds. The van der Waals surface area contributed by atoms with Gasteiger partial charge in [-0.3, -0.25) is 9.00 Å². The van der Waals surface area contributed by atoms with Crippen LogP contribution in [-0.2, 0) is 15.6 Å². The molecule has 0 heterocycles. The van der Waals surface area contributed by atoms with Gasteiger partial charge >= 0.3 is 0 Å². The lowest BCUT2D eigenvalue weighted by atomic mass is 9.93. The van der Waals surface area contributed by atoms with Gasteiger partial charge in [-0.1, -0.05) is 31.9 Å². The van der Waals surface area contributed by atoms with E-state index in [0.717, 1.165) is 29.8 Å². The molecule has 4 atom stereocenters. The number of amides is 1. The zero-order valence-corrected chi connectivity index (χ0v) is 15.1. The van der Waals surface area contributed by atoms with Crippen molar-refractivity contribution < 1.29 is 9.00 Å². The van der Waals surface area contributed by atoms with Crippen molar-refractivity contribution in [2.24, 2.45) is 0 Å². The molecule has 0 aliphatic heterocycles. The fourth-order valence-electron chi connectivity index (χ4n) is 3.32. The van der Waals surface area contributed by atoms with Crippen LogP contribution in [0.25, 0.3) is 0 Å². The van der Waals surface area contributed by atoms with Crippen LogP contribution in [0, 0.1) is 0 Å². The zero-order valence-electron chi connectivity index (χ0n) is 14.3. The Morgan fingerprint density at radius 1 is 1.35 bits per heavy atom. The van der Waals surface area contributed by atoms with E-state index >= 15 is 0 Å². The summed E-state index contributed by atoms with van der Waals surface area (Å²) in [6.45, 7) is 5.65. The second-order valence-electron chi connectivity index (χ2n) is 6.29. The number of anilines is 1. The molecule has 1 fully saturated rings. The highest BCUT2D eigenvalue weighted by Gasteiger charge is 2.30. The molecule has 1 aromatic rings. The molecule has 0 radical (unpaired) electrons. The summed E-state index contributed by atoms with van der Waals surface area (Å²) in [6, 6.07) is 8.41. The Morgan fingerprint density at radius 3 is 2.78 bits per heavy atom. The highest BCUT2D eigenvalue weighted by Crippen LogP contribution is 2.26. The van der Waals surface area contributed by atoms with Gasteiger partial charge in [-0.15, -0.1) is 0 Å². The second kappa shape index (κ2) is 8.60. The molecular formula is C18H28N2O2S. The molecule has 1 aliphatic carbocycles. The van der Waals surface area contributed by atoms with Crippen LogP contribution >= 0.6 is 0 Å².